The Labute approximate surface area is 480 Å². The summed E-state index contributed by atoms with van der Waals surface area (Å²) in [7, 11) is 5.06. The number of methoxy groups -OCH3 is 3. The van der Waals surface area contributed by atoms with Gasteiger partial charge in [0.15, 0.2) is 23.3 Å². The molecule has 20 nitrogen and oxygen atoms in total. The van der Waals surface area contributed by atoms with Crippen molar-refractivity contribution in [1.29, 1.82) is 0 Å². The SMILES string of the molecule is C1CCNCC1.C1CCOC1.COCCBr.COCCN1CCN(c2ccc(N)cc2F)CC1.COCCN1CCN(c2ccc([N+](=O)[O-])cc2F)CC1.O=[N+]([O-])c1ccc(F)c(F)c1.O=[N+]([O-])c1ccc(N2CCCCC2)c(F)c1. The second-order valence-corrected chi connectivity index (χ2v) is 19.6. The molecule has 5 aliphatic rings. The van der Waals surface area contributed by atoms with Crippen molar-refractivity contribution in [3.8, 4) is 0 Å². The molecule has 452 valence electrons. The van der Waals surface area contributed by atoms with E-state index in [1.54, 1.807) is 33.5 Å². The number of ether oxygens (including phenoxy) is 4. The molecule has 81 heavy (non-hydrogen) atoms. The van der Waals surface area contributed by atoms with Gasteiger partial charge in [-0.3, -0.25) is 40.1 Å². The first-order valence-electron chi connectivity index (χ1n) is 27.1. The maximum absolute atomic E-state index is 13.9. The summed E-state index contributed by atoms with van der Waals surface area (Å²) in [6.07, 6.45) is 10.0. The fourth-order valence-electron chi connectivity index (χ4n) is 8.50. The number of anilines is 4. The van der Waals surface area contributed by atoms with Gasteiger partial charge in [0, 0.05) is 142 Å². The molecule has 4 aromatic rings. The van der Waals surface area contributed by atoms with Crippen molar-refractivity contribution in [2.24, 2.45) is 0 Å². The van der Waals surface area contributed by atoms with Crippen LogP contribution in [0.4, 0.5) is 61.8 Å². The van der Waals surface area contributed by atoms with Crippen LogP contribution >= 0.6 is 15.9 Å². The van der Waals surface area contributed by atoms with Crippen molar-refractivity contribution < 1.29 is 55.7 Å². The quantitative estimate of drug-likeness (QED) is 0.0394. The van der Waals surface area contributed by atoms with Crippen LogP contribution in [0.2, 0.25) is 0 Å². The number of halogens is 6. The van der Waals surface area contributed by atoms with Crippen molar-refractivity contribution >= 4 is 55.7 Å². The summed E-state index contributed by atoms with van der Waals surface area (Å²) in [4.78, 5) is 39.6. The van der Waals surface area contributed by atoms with Crippen LogP contribution in [0.15, 0.2) is 72.8 Å². The standard InChI is InChI=1S/C13H18FN3O3.C13H20FN3O.C11H13FN2O2.C6H3F2NO2.C5H11N.C4H8O.C3H7BrO/c1-20-9-8-15-4-6-16(7-5-15)13-3-2-11(17(18)19)10-12(13)14;1-18-9-8-16-4-6-17(7-5-16)13-3-2-11(15)10-12(13)14;12-10-8-9(14(15)16)4-5-11(10)13-6-2-1-3-7-13;7-5-2-1-4(9(10)11)3-6(5)8;1-2-4-6-5-3-1;1-2-4-5-3-1;1-5-3-2-4/h2-3,10H,4-9H2,1H3;2-3,10H,4-9,15H2,1H3;4-5,8H,1-3,6-7H2;1-3H;6H,1-5H2;1-4H2;2-3H2,1H3. The summed E-state index contributed by atoms with van der Waals surface area (Å²) in [5.41, 5.74) is 6.71. The van der Waals surface area contributed by atoms with E-state index in [-0.39, 0.29) is 17.2 Å². The lowest BCUT2D eigenvalue weighted by molar-refractivity contribution is -0.385. The molecule has 5 fully saturated rings. The number of hydrogen-bond donors (Lipinski definition) is 2. The summed E-state index contributed by atoms with van der Waals surface area (Å²) in [5.74, 6) is -3.57. The van der Waals surface area contributed by atoms with E-state index in [2.05, 4.69) is 40.7 Å². The molecule has 0 unspecified atom stereocenters. The highest BCUT2D eigenvalue weighted by Crippen LogP contribution is 2.28. The molecular formula is C55H80BrF5N10O10. The zero-order valence-corrected chi connectivity index (χ0v) is 48.3. The summed E-state index contributed by atoms with van der Waals surface area (Å²) in [6.45, 7) is 16.8. The predicted octanol–water partition coefficient (Wildman–Crippen LogP) is 9.86. The molecule has 0 bridgehead atoms. The molecule has 0 aliphatic carbocycles. The maximum atomic E-state index is 13.9. The van der Waals surface area contributed by atoms with Crippen LogP contribution < -0.4 is 25.8 Å². The Bertz CT molecular complexity index is 2410. The minimum absolute atomic E-state index is 0.196. The number of piperazine rings is 2. The molecule has 0 aromatic heterocycles. The number of piperidine rings is 2. The van der Waals surface area contributed by atoms with E-state index in [1.165, 1.54) is 81.9 Å². The van der Waals surface area contributed by atoms with E-state index < -0.39 is 43.7 Å². The Morgan fingerprint density at radius 2 is 0.877 bits per heavy atom. The molecule has 9 rings (SSSR count). The number of nitro groups is 3. The summed E-state index contributed by atoms with van der Waals surface area (Å²) in [5, 5.41) is 35.3. The monoisotopic (exact) mass is 1210 g/mol. The normalized spacial score (nSPS) is 16.1. The molecule has 5 aliphatic heterocycles. The van der Waals surface area contributed by atoms with E-state index in [9.17, 15) is 52.3 Å². The van der Waals surface area contributed by atoms with Gasteiger partial charge in [0.1, 0.15) is 5.82 Å². The predicted molar refractivity (Wildman–Crippen MR) is 309 cm³/mol. The van der Waals surface area contributed by atoms with Gasteiger partial charge in [0.2, 0.25) is 0 Å². The fraction of sp³-hybridized carbons (Fsp3) is 0.564. The molecule has 3 N–H and O–H groups in total. The molecule has 0 radical (unpaired) electrons. The first-order chi connectivity index (χ1) is 39.0. The van der Waals surface area contributed by atoms with Crippen LogP contribution in [0.25, 0.3) is 0 Å². The lowest BCUT2D eigenvalue weighted by Crippen LogP contribution is -2.47. The minimum atomic E-state index is -1.21. The largest absolute Gasteiger partial charge is 0.399 e. The Morgan fingerprint density at radius 1 is 0.494 bits per heavy atom. The van der Waals surface area contributed by atoms with Gasteiger partial charge in [-0.25, -0.2) is 22.0 Å². The number of hydrogen-bond acceptors (Lipinski definition) is 17. The molecule has 0 saturated carbocycles. The topological polar surface area (TPSA) is 221 Å². The van der Waals surface area contributed by atoms with E-state index in [0.29, 0.717) is 54.6 Å². The summed E-state index contributed by atoms with van der Waals surface area (Å²) >= 11 is 3.18. The number of benzene rings is 4. The smallest absolute Gasteiger partial charge is 0.272 e. The Hall–Kier alpha value is -5.87. The number of alkyl halides is 1. The van der Waals surface area contributed by atoms with Gasteiger partial charge >= 0.3 is 0 Å². The highest BCUT2D eigenvalue weighted by Gasteiger charge is 2.22. The Kier molecular flexibility index (Phi) is 34.6. The first-order valence-corrected chi connectivity index (χ1v) is 28.2. The van der Waals surface area contributed by atoms with Gasteiger partial charge in [0.25, 0.3) is 17.1 Å². The van der Waals surface area contributed by atoms with Crippen LogP contribution in [0.3, 0.4) is 0 Å². The third kappa shape index (κ3) is 27.2. The maximum Gasteiger partial charge on any atom is 0.272 e. The van der Waals surface area contributed by atoms with Crippen LogP contribution in [0, 0.1) is 59.4 Å². The third-order valence-corrected chi connectivity index (χ3v) is 13.4. The van der Waals surface area contributed by atoms with E-state index >= 15 is 0 Å². The van der Waals surface area contributed by atoms with Crippen molar-refractivity contribution in [3.63, 3.8) is 0 Å². The van der Waals surface area contributed by atoms with Gasteiger partial charge in [-0.2, -0.15) is 0 Å². The average molecular weight is 1220 g/mol. The molecule has 0 amide bonds. The van der Waals surface area contributed by atoms with Crippen LogP contribution in [-0.4, -0.2) is 176 Å². The summed E-state index contributed by atoms with van der Waals surface area (Å²) in [6, 6.07) is 14.7. The van der Waals surface area contributed by atoms with E-state index in [0.717, 1.165) is 128 Å². The number of nitrogens with zero attached hydrogens (tertiary/aromatic N) is 8. The van der Waals surface area contributed by atoms with Crippen molar-refractivity contribution in [2.75, 3.05) is 172 Å². The van der Waals surface area contributed by atoms with Gasteiger partial charge in [0.05, 0.1) is 69.9 Å². The number of nitrogen functional groups attached to an aromatic ring is 1. The number of non-ortho nitro benzene ring substituents is 3. The minimum Gasteiger partial charge on any atom is -0.399 e. The zero-order chi connectivity index (χ0) is 59.4. The molecule has 0 atom stereocenters. The average Bonchev–Trinajstić information content (AvgIpc) is 4.11. The second kappa shape index (κ2) is 40.3. The molecule has 5 heterocycles. The van der Waals surface area contributed by atoms with Crippen molar-refractivity contribution in [1.82, 2.24) is 15.1 Å². The molecule has 0 spiro atoms. The van der Waals surface area contributed by atoms with E-state index in [4.69, 9.17) is 19.9 Å². The fourth-order valence-corrected chi connectivity index (χ4v) is 8.82. The zero-order valence-electron chi connectivity index (χ0n) is 46.7. The number of nitrogens with two attached hydrogens (primary N) is 1. The van der Waals surface area contributed by atoms with Crippen LogP contribution in [0.1, 0.15) is 51.4 Å². The van der Waals surface area contributed by atoms with Crippen molar-refractivity contribution in [2.45, 2.75) is 51.4 Å². The Morgan fingerprint density at radius 3 is 1.19 bits per heavy atom. The molecule has 26 heteroatoms. The molecular weight excluding hydrogens is 1140 g/mol. The van der Waals surface area contributed by atoms with Gasteiger partial charge in [-0.15, -0.1) is 0 Å². The number of nitro benzene ring substituents is 3. The molecule has 5 saturated heterocycles. The van der Waals surface area contributed by atoms with Crippen molar-refractivity contribution in [3.05, 3.63) is 132 Å². The third-order valence-electron chi connectivity index (χ3n) is 13.0. The highest BCUT2D eigenvalue weighted by atomic mass is 79.9. The lowest BCUT2D eigenvalue weighted by atomic mass is 10.1. The van der Waals surface area contributed by atoms with Gasteiger partial charge in [-0.05, 0) is 94.4 Å². The summed E-state index contributed by atoms with van der Waals surface area (Å²) < 4.78 is 85.4. The van der Waals surface area contributed by atoms with Crippen LogP contribution in [-0.2, 0) is 18.9 Å². The molecule has 4 aromatic carbocycles. The lowest BCUT2D eigenvalue weighted by Gasteiger charge is -2.36. The van der Waals surface area contributed by atoms with E-state index in [1.807, 2.05) is 9.80 Å². The highest BCUT2D eigenvalue weighted by molar-refractivity contribution is 9.09. The van der Waals surface area contributed by atoms with Gasteiger partial charge < -0.3 is 44.7 Å². The van der Waals surface area contributed by atoms with Crippen LogP contribution in [0.5, 0.6) is 0 Å². The first kappa shape index (κ1) is 69.4. The number of nitrogens with one attached hydrogen (secondary N) is 1. The Balaban J connectivity index is 0.000000262. The van der Waals surface area contributed by atoms with Gasteiger partial charge in [-0.1, -0.05) is 22.4 Å². The number of rotatable bonds is 14. The second-order valence-electron chi connectivity index (χ2n) is 18.9.